The van der Waals surface area contributed by atoms with Gasteiger partial charge in [0.1, 0.15) is 11.3 Å². The van der Waals surface area contributed by atoms with E-state index < -0.39 is 0 Å². The molecule has 1 aliphatic heterocycles. The average Bonchev–Trinajstić information content (AvgIpc) is 2.92. The van der Waals surface area contributed by atoms with E-state index >= 15 is 0 Å². The number of aromatic nitrogens is 2. The second-order valence-electron chi connectivity index (χ2n) is 6.56. The van der Waals surface area contributed by atoms with Crippen molar-refractivity contribution < 1.29 is 9.18 Å². The summed E-state index contributed by atoms with van der Waals surface area (Å²) >= 11 is 3.51. The molecule has 0 radical (unpaired) electrons. The standard InChI is InChI=1S/C19H18BrFN4O/c1-11-10-24(17-9-13(20)7-8-16(17)25(11)12(2)26)19-14-5-4-6-15(21)18(14)23(3)22-19/h4-9,11H,10H2,1-3H3/t11-/m0/s1. The van der Waals surface area contributed by atoms with Gasteiger partial charge in [0.05, 0.1) is 17.4 Å². The van der Waals surface area contributed by atoms with Gasteiger partial charge in [0.15, 0.2) is 5.82 Å². The van der Waals surface area contributed by atoms with Gasteiger partial charge in [-0.25, -0.2) is 4.39 Å². The fourth-order valence-electron chi connectivity index (χ4n) is 3.75. The Bertz CT molecular complexity index is 1030. The summed E-state index contributed by atoms with van der Waals surface area (Å²) in [6.45, 7) is 4.15. The Morgan fingerprint density at radius 2 is 2.04 bits per heavy atom. The summed E-state index contributed by atoms with van der Waals surface area (Å²) in [7, 11) is 1.74. The van der Waals surface area contributed by atoms with Crippen LogP contribution in [-0.2, 0) is 11.8 Å². The molecule has 0 bridgehead atoms. The molecule has 0 aliphatic carbocycles. The lowest BCUT2D eigenvalue weighted by atomic mass is 10.1. The van der Waals surface area contributed by atoms with Crippen molar-refractivity contribution in [2.75, 3.05) is 16.3 Å². The number of fused-ring (bicyclic) bond motifs is 2. The lowest BCUT2D eigenvalue weighted by molar-refractivity contribution is -0.117. The Morgan fingerprint density at radius 3 is 2.77 bits per heavy atom. The van der Waals surface area contributed by atoms with Crippen LogP contribution in [0.4, 0.5) is 21.6 Å². The van der Waals surface area contributed by atoms with E-state index in [9.17, 15) is 9.18 Å². The van der Waals surface area contributed by atoms with E-state index in [0.717, 1.165) is 21.2 Å². The van der Waals surface area contributed by atoms with Crippen molar-refractivity contribution in [1.82, 2.24) is 9.78 Å². The average molecular weight is 417 g/mol. The van der Waals surface area contributed by atoms with Crippen LogP contribution in [-0.4, -0.2) is 28.3 Å². The lowest BCUT2D eigenvalue weighted by Gasteiger charge is -2.41. The van der Waals surface area contributed by atoms with Crippen molar-refractivity contribution >= 4 is 49.9 Å². The van der Waals surface area contributed by atoms with Crippen LogP contribution < -0.4 is 9.80 Å². The van der Waals surface area contributed by atoms with Gasteiger partial charge in [0, 0.05) is 30.4 Å². The third kappa shape index (κ3) is 2.49. The minimum absolute atomic E-state index is 0.00218. The molecule has 5 nitrogen and oxygen atoms in total. The molecule has 1 aliphatic rings. The van der Waals surface area contributed by atoms with Gasteiger partial charge < -0.3 is 9.80 Å². The summed E-state index contributed by atoms with van der Waals surface area (Å²) in [6, 6.07) is 10.8. The van der Waals surface area contributed by atoms with Gasteiger partial charge >= 0.3 is 0 Å². The summed E-state index contributed by atoms with van der Waals surface area (Å²) in [6.07, 6.45) is 0. The first-order valence-electron chi connectivity index (χ1n) is 8.36. The summed E-state index contributed by atoms with van der Waals surface area (Å²) in [5.41, 5.74) is 2.17. The van der Waals surface area contributed by atoms with Gasteiger partial charge in [0.25, 0.3) is 0 Å². The van der Waals surface area contributed by atoms with Crippen molar-refractivity contribution in [2.45, 2.75) is 19.9 Å². The number of aryl methyl sites for hydroxylation is 1. The van der Waals surface area contributed by atoms with Crippen LogP contribution in [0.15, 0.2) is 40.9 Å². The van der Waals surface area contributed by atoms with Gasteiger partial charge in [-0.15, -0.1) is 0 Å². The molecule has 0 spiro atoms. The number of para-hydroxylation sites is 1. The Labute approximate surface area is 159 Å². The SMILES string of the molecule is CC(=O)N1c2ccc(Br)cc2N(c2nn(C)c3c(F)cccc23)C[C@@H]1C. The monoisotopic (exact) mass is 416 g/mol. The van der Waals surface area contributed by atoms with E-state index in [-0.39, 0.29) is 17.8 Å². The summed E-state index contributed by atoms with van der Waals surface area (Å²) in [5.74, 6) is 0.391. The first-order chi connectivity index (χ1) is 12.4. The Hall–Kier alpha value is -2.41. The quantitative estimate of drug-likeness (QED) is 0.591. The van der Waals surface area contributed by atoms with Gasteiger partial charge in [-0.3, -0.25) is 9.48 Å². The molecule has 1 amide bonds. The second kappa shape index (κ2) is 6.09. The van der Waals surface area contributed by atoms with Crippen molar-refractivity contribution in [2.24, 2.45) is 7.05 Å². The Balaban J connectivity index is 1.96. The molecule has 134 valence electrons. The first kappa shape index (κ1) is 17.0. The fraction of sp³-hybridized carbons (Fsp3) is 0.263. The fourth-order valence-corrected chi connectivity index (χ4v) is 4.10. The highest BCUT2D eigenvalue weighted by atomic mass is 79.9. The number of anilines is 3. The molecule has 1 atom stereocenters. The molecule has 26 heavy (non-hydrogen) atoms. The van der Waals surface area contributed by atoms with E-state index in [1.54, 1.807) is 29.6 Å². The van der Waals surface area contributed by atoms with Crippen LogP contribution >= 0.6 is 15.9 Å². The minimum atomic E-state index is -0.298. The van der Waals surface area contributed by atoms with Crippen LogP contribution in [0.25, 0.3) is 10.9 Å². The van der Waals surface area contributed by atoms with Crippen LogP contribution in [0.2, 0.25) is 0 Å². The molecule has 0 saturated carbocycles. The molecule has 3 aromatic rings. The number of halogens is 2. The van der Waals surface area contributed by atoms with E-state index in [0.29, 0.717) is 17.9 Å². The smallest absolute Gasteiger partial charge is 0.224 e. The molecule has 0 N–H and O–H groups in total. The lowest BCUT2D eigenvalue weighted by Crippen LogP contribution is -2.48. The predicted molar refractivity (Wildman–Crippen MR) is 104 cm³/mol. The zero-order chi connectivity index (χ0) is 18.6. The molecule has 1 aromatic heterocycles. The van der Waals surface area contributed by atoms with Gasteiger partial charge in [-0.05, 0) is 37.3 Å². The third-order valence-corrected chi connectivity index (χ3v) is 5.26. The van der Waals surface area contributed by atoms with E-state index in [4.69, 9.17) is 0 Å². The Kier molecular flexibility index (Phi) is 3.99. The highest BCUT2D eigenvalue weighted by Gasteiger charge is 2.33. The van der Waals surface area contributed by atoms with E-state index in [1.807, 2.05) is 31.2 Å². The zero-order valence-corrected chi connectivity index (χ0v) is 16.3. The van der Waals surface area contributed by atoms with E-state index in [1.165, 1.54) is 6.07 Å². The largest absolute Gasteiger partial charge is 0.320 e. The van der Waals surface area contributed by atoms with E-state index in [2.05, 4.69) is 25.9 Å². The van der Waals surface area contributed by atoms with Crippen molar-refractivity contribution in [1.29, 1.82) is 0 Å². The highest BCUT2D eigenvalue weighted by molar-refractivity contribution is 9.10. The number of nitrogens with zero attached hydrogens (tertiary/aromatic N) is 4. The van der Waals surface area contributed by atoms with Crippen molar-refractivity contribution in [3.63, 3.8) is 0 Å². The zero-order valence-electron chi connectivity index (χ0n) is 14.7. The van der Waals surface area contributed by atoms with Gasteiger partial charge in [0.2, 0.25) is 5.91 Å². The van der Waals surface area contributed by atoms with Crippen molar-refractivity contribution in [3.8, 4) is 0 Å². The number of hydrogen-bond donors (Lipinski definition) is 0. The maximum atomic E-state index is 14.3. The maximum absolute atomic E-state index is 14.3. The summed E-state index contributed by atoms with van der Waals surface area (Å²) in [5, 5.41) is 5.34. The number of carbonyl (C=O) groups excluding carboxylic acids is 1. The van der Waals surface area contributed by atoms with Crippen molar-refractivity contribution in [3.05, 3.63) is 46.7 Å². The molecule has 2 aromatic carbocycles. The molecule has 2 heterocycles. The number of amides is 1. The topological polar surface area (TPSA) is 41.4 Å². The summed E-state index contributed by atoms with van der Waals surface area (Å²) < 4.78 is 16.8. The number of carbonyl (C=O) groups is 1. The first-order valence-corrected chi connectivity index (χ1v) is 9.16. The van der Waals surface area contributed by atoms with Gasteiger partial charge in [-0.2, -0.15) is 5.10 Å². The highest BCUT2D eigenvalue weighted by Crippen LogP contribution is 2.43. The normalized spacial score (nSPS) is 16.9. The van der Waals surface area contributed by atoms with Crippen LogP contribution in [0, 0.1) is 5.82 Å². The molecule has 7 heteroatoms. The number of benzene rings is 2. The maximum Gasteiger partial charge on any atom is 0.224 e. The Morgan fingerprint density at radius 1 is 1.27 bits per heavy atom. The number of hydrogen-bond acceptors (Lipinski definition) is 3. The van der Waals surface area contributed by atoms with Crippen LogP contribution in [0.1, 0.15) is 13.8 Å². The molecule has 0 unspecified atom stereocenters. The molecule has 0 fully saturated rings. The molecule has 0 saturated heterocycles. The minimum Gasteiger partial charge on any atom is -0.320 e. The summed E-state index contributed by atoms with van der Waals surface area (Å²) in [4.78, 5) is 16.0. The molecular formula is C19H18BrFN4O. The second-order valence-corrected chi connectivity index (χ2v) is 7.48. The molecular weight excluding hydrogens is 399 g/mol. The van der Waals surface area contributed by atoms with Gasteiger partial charge in [-0.1, -0.05) is 22.0 Å². The molecule has 4 rings (SSSR count). The number of rotatable bonds is 1. The third-order valence-electron chi connectivity index (χ3n) is 4.77. The predicted octanol–water partition coefficient (Wildman–Crippen LogP) is 4.37. The van der Waals surface area contributed by atoms with Crippen LogP contribution in [0.5, 0.6) is 0 Å². The van der Waals surface area contributed by atoms with Crippen LogP contribution in [0.3, 0.4) is 0 Å².